The predicted molar refractivity (Wildman–Crippen MR) is 84.8 cm³/mol. The monoisotopic (exact) mass is 385 g/mol. The maximum atomic E-state index is 12.3. The number of nitrogens with zero attached hydrogens (tertiary/aromatic N) is 2. The van der Waals surface area contributed by atoms with Crippen LogP contribution in [-0.4, -0.2) is 48.1 Å². The topological polar surface area (TPSA) is 32.8 Å². The smallest absolute Gasteiger partial charge is 0.320 e. The van der Waals surface area contributed by atoms with Gasteiger partial charge < -0.3 is 14.5 Å². The highest BCUT2D eigenvalue weighted by atomic mass is 127. The van der Waals surface area contributed by atoms with Crippen molar-refractivity contribution in [2.45, 2.75) is 25.4 Å². The summed E-state index contributed by atoms with van der Waals surface area (Å²) in [6, 6.07) is 8.93. The number of halogens is 1. The van der Waals surface area contributed by atoms with Crippen LogP contribution < -0.4 is 4.74 Å². The van der Waals surface area contributed by atoms with Gasteiger partial charge in [-0.25, -0.2) is 4.79 Å². The molecule has 5 heteroatoms. The standard InChI is InChI=1S/C15H18IN2O2/c16-13-5-1-2-6-14(13)20-12-7-10-18(11-12)15(19)17-8-3-4-9-17/h2,5-6,12H,3-4,7-11H2. The first-order valence-corrected chi connectivity index (χ1v) is 8.18. The molecular weight excluding hydrogens is 367 g/mol. The normalized spacial score (nSPS) is 22.4. The van der Waals surface area contributed by atoms with E-state index in [4.69, 9.17) is 4.74 Å². The zero-order valence-corrected chi connectivity index (χ0v) is 13.5. The van der Waals surface area contributed by atoms with E-state index in [1.54, 1.807) is 0 Å². The van der Waals surface area contributed by atoms with Gasteiger partial charge in [0.25, 0.3) is 0 Å². The molecule has 1 radical (unpaired) electrons. The van der Waals surface area contributed by atoms with Crippen LogP contribution in [0.4, 0.5) is 4.79 Å². The molecule has 0 spiro atoms. The highest BCUT2D eigenvalue weighted by Gasteiger charge is 2.31. The number of likely N-dealkylation sites (tertiary alicyclic amines) is 2. The Kier molecular flexibility index (Phi) is 4.33. The van der Waals surface area contributed by atoms with Crippen LogP contribution in [0.5, 0.6) is 5.75 Å². The Hall–Kier alpha value is -0.980. The summed E-state index contributed by atoms with van der Waals surface area (Å²) in [5, 5.41) is 0. The summed E-state index contributed by atoms with van der Waals surface area (Å²) < 4.78 is 7.07. The molecule has 2 aliphatic rings. The summed E-state index contributed by atoms with van der Waals surface area (Å²) in [6.45, 7) is 3.32. The van der Waals surface area contributed by atoms with E-state index in [0.717, 1.165) is 48.2 Å². The number of rotatable bonds is 2. The number of hydrogen-bond donors (Lipinski definition) is 0. The van der Waals surface area contributed by atoms with Gasteiger partial charge in [0.2, 0.25) is 0 Å². The number of amides is 2. The minimum Gasteiger partial charge on any atom is -0.487 e. The lowest BCUT2D eigenvalue weighted by molar-refractivity contribution is 0.160. The van der Waals surface area contributed by atoms with Gasteiger partial charge in [0.1, 0.15) is 11.9 Å². The Morgan fingerprint density at radius 3 is 2.85 bits per heavy atom. The van der Waals surface area contributed by atoms with Crippen molar-refractivity contribution in [2.75, 3.05) is 26.2 Å². The zero-order valence-electron chi connectivity index (χ0n) is 11.3. The molecule has 0 aliphatic carbocycles. The fourth-order valence-corrected chi connectivity index (χ4v) is 3.26. The van der Waals surface area contributed by atoms with Gasteiger partial charge in [-0.3, -0.25) is 0 Å². The minimum atomic E-state index is 0.109. The van der Waals surface area contributed by atoms with Gasteiger partial charge in [-0.05, 0) is 53.6 Å². The van der Waals surface area contributed by atoms with Crippen molar-refractivity contribution in [1.82, 2.24) is 9.80 Å². The second-order valence-corrected chi connectivity index (χ2v) is 6.47. The molecule has 4 nitrogen and oxygen atoms in total. The van der Waals surface area contributed by atoms with Gasteiger partial charge >= 0.3 is 6.03 Å². The molecule has 20 heavy (non-hydrogen) atoms. The lowest BCUT2D eigenvalue weighted by Crippen LogP contribution is -2.41. The molecule has 1 aromatic carbocycles. The molecule has 0 bridgehead atoms. The minimum absolute atomic E-state index is 0.109. The first-order chi connectivity index (χ1) is 9.74. The highest BCUT2D eigenvalue weighted by molar-refractivity contribution is 14.1. The number of urea groups is 1. The highest BCUT2D eigenvalue weighted by Crippen LogP contribution is 2.24. The van der Waals surface area contributed by atoms with Crippen LogP contribution in [0.2, 0.25) is 0 Å². The average Bonchev–Trinajstić information content (AvgIpc) is 3.12. The number of hydrogen-bond acceptors (Lipinski definition) is 2. The summed E-state index contributed by atoms with van der Waals surface area (Å²) >= 11 is 2.25. The van der Waals surface area contributed by atoms with Crippen molar-refractivity contribution in [3.63, 3.8) is 0 Å². The Bertz CT molecular complexity index is 489. The van der Waals surface area contributed by atoms with Crippen LogP contribution in [0.15, 0.2) is 18.2 Å². The third-order valence-electron chi connectivity index (χ3n) is 3.86. The number of carbonyl (C=O) groups excluding carboxylic acids is 1. The third kappa shape index (κ3) is 3.02. The zero-order chi connectivity index (χ0) is 13.9. The van der Waals surface area contributed by atoms with Crippen LogP contribution in [0, 0.1) is 9.64 Å². The number of ether oxygens (including phenoxy) is 1. The van der Waals surface area contributed by atoms with Gasteiger partial charge in [0.15, 0.2) is 0 Å². The van der Waals surface area contributed by atoms with E-state index in [0.29, 0.717) is 6.54 Å². The van der Waals surface area contributed by atoms with Gasteiger partial charge in [0.05, 0.1) is 10.1 Å². The molecule has 3 rings (SSSR count). The van der Waals surface area contributed by atoms with Crippen molar-refractivity contribution in [1.29, 1.82) is 0 Å². The predicted octanol–water partition coefficient (Wildman–Crippen LogP) is 2.76. The van der Waals surface area contributed by atoms with E-state index in [1.165, 1.54) is 0 Å². The molecule has 0 aromatic heterocycles. The van der Waals surface area contributed by atoms with Crippen LogP contribution in [-0.2, 0) is 0 Å². The van der Waals surface area contributed by atoms with E-state index in [9.17, 15) is 4.79 Å². The number of benzene rings is 1. The van der Waals surface area contributed by atoms with Crippen molar-refractivity contribution in [2.24, 2.45) is 0 Å². The fourth-order valence-electron chi connectivity index (χ4n) is 2.78. The Balaban J connectivity index is 1.57. The molecule has 0 saturated carbocycles. The number of carbonyl (C=O) groups is 1. The van der Waals surface area contributed by atoms with Crippen molar-refractivity contribution < 1.29 is 9.53 Å². The van der Waals surface area contributed by atoms with Crippen molar-refractivity contribution >= 4 is 28.6 Å². The molecular formula is C15H18IN2O2. The summed E-state index contributed by atoms with van der Waals surface area (Å²) in [5.74, 6) is 0.893. The second kappa shape index (κ2) is 6.20. The summed E-state index contributed by atoms with van der Waals surface area (Å²) in [4.78, 5) is 16.2. The summed E-state index contributed by atoms with van der Waals surface area (Å²) in [5.41, 5.74) is 0. The first kappa shape index (κ1) is 14.0. The van der Waals surface area contributed by atoms with E-state index >= 15 is 0 Å². The molecule has 2 saturated heterocycles. The second-order valence-electron chi connectivity index (χ2n) is 5.31. The quantitative estimate of drug-likeness (QED) is 0.734. The Morgan fingerprint density at radius 1 is 1.30 bits per heavy atom. The van der Waals surface area contributed by atoms with Gasteiger partial charge in [-0.1, -0.05) is 6.07 Å². The van der Waals surface area contributed by atoms with Crippen molar-refractivity contribution in [3.05, 3.63) is 27.8 Å². The van der Waals surface area contributed by atoms with Gasteiger partial charge in [0, 0.05) is 26.1 Å². The van der Waals surface area contributed by atoms with E-state index in [-0.39, 0.29) is 12.1 Å². The molecule has 2 amide bonds. The van der Waals surface area contributed by atoms with Gasteiger partial charge in [-0.2, -0.15) is 0 Å². The van der Waals surface area contributed by atoms with E-state index < -0.39 is 0 Å². The molecule has 2 fully saturated rings. The fraction of sp³-hybridized carbons (Fsp3) is 0.533. The molecule has 107 valence electrons. The lowest BCUT2D eigenvalue weighted by Gasteiger charge is -2.24. The van der Waals surface area contributed by atoms with Crippen LogP contribution in [0.1, 0.15) is 19.3 Å². The van der Waals surface area contributed by atoms with Crippen LogP contribution in [0.3, 0.4) is 0 Å². The van der Waals surface area contributed by atoms with Gasteiger partial charge in [-0.15, -0.1) is 0 Å². The first-order valence-electron chi connectivity index (χ1n) is 7.10. The van der Waals surface area contributed by atoms with Crippen molar-refractivity contribution in [3.8, 4) is 5.75 Å². The molecule has 1 aromatic rings. The summed E-state index contributed by atoms with van der Waals surface area (Å²) in [6.07, 6.45) is 3.29. The van der Waals surface area contributed by atoms with E-state index in [2.05, 4.69) is 28.7 Å². The average molecular weight is 385 g/mol. The molecule has 2 aliphatic heterocycles. The maximum Gasteiger partial charge on any atom is 0.320 e. The lowest BCUT2D eigenvalue weighted by atomic mass is 10.3. The Morgan fingerprint density at radius 2 is 2.10 bits per heavy atom. The molecule has 1 atom stereocenters. The molecule has 1 unspecified atom stereocenters. The molecule has 2 heterocycles. The largest absolute Gasteiger partial charge is 0.487 e. The summed E-state index contributed by atoms with van der Waals surface area (Å²) in [7, 11) is 0. The van der Waals surface area contributed by atoms with E-state index in [1.807, 2.05) is 28.0 Å². The van der Waals surface area contributed by atoms with Crippen LogP contribution in [0.25, 0.3) is 0 Å². The maximum absolute atomic E-state index is 12.3. The SMILES string of the molecule is O=C(N1CCCC1)N1CCC(Oc2cc[c]cc2I)C1. The third-order valence-corrected chi connectivity index (χ3v) is 4.71. The van der Waals surface area contributed by atoms with Crippen LogP contribution >= 0.6 is 22.6 Å². The Labute approximate surface area is 133 Å². The molecule has 0 N–H and O–H groups in total.